The minimum absolute atomic E-state index is 0.0588. The van der Waals surface area contributed by atoms with E-state index in [1.54, 1.807) is 35.6 Å². The van der Waals surface area contributed by atoms with Crippen molar-refractivity contribution >= 4 is 40.2 Å². The average molecular weight is 443 g/mol. The second-order valence-electron chi connectivity index (χ2n) is 7.84. The SMILES string of the molecule is CC(C)Cc1nnc(C(=O)Nc2cccc(C(=O)N[C@H](c3cccs3)C(C)C)c2)s1. The van der Waals surface area contributed by atoms with Crippen molar-refractivity contribution in [2.75, 3.05) is 5.32 Å². The first-order chi connectivity index (χ1) is 14.3. The number of aromatic nitrogens is 2. The molecule has 3 aromatic rings. The van der Waals surface area contributed by atoms with Gasteiger partial charge in [0.25, 0.3) is 11.8 Å². The number of nitrogens with zero attached hydrogens (tertiary/aromatic N) is 2. The van der Waals surface area contributed by atoms with E-state index in [0.29, 0.717) is 22.2 Å². The highest BCUT2D eigenvalue weighted by atomic mass is 32.1. The number of anilines is 1. The van der Waals surface area contributed by atoms with Gasteiger partial charge in [0, 0.05) is 22.5 Å². The zero-order chi connectivity index (χ0) is 21.7. The number of hydrogen-bond acceptors (Lipinski definition) is 6. The molecule has 0 saturated heterocycles. The van der Waals surface area contributed by atoms with Crippen LogP contribution in [0.15, 0.2) is 41.8 Å². The van der Waals surface area contributed by atoms with Crippen LogP contribution in [0.1, 0.15) is 63.8 Å². The fourth-order valence-electron chi connectivity index (χ4n) is 2.96. The molecule has 0 saturated carbocycles. The van der Waals surface area contributed by atoms with Crippen molar-refractivity contribution in [1.82, 2.24) is 15.5 Å². The lowest BCUT2D eigenvalue weighted by Gasteiger charge is -2.21. The number of carbonyl (C=O) groups excluding carboxylic acids is 2. The molecule has 0 radical (unpaired) electrons. The van der Waals surface area contributed by atoms with Gasteiger partial charge in [0.15, 0.2) is 0 Å². The molecule has 0 fully saturated rings. The van der Waals surface area contributed by atoms with Gasteiger partial charge in [-0.05, 0) is 41.5 Å². The predicted octanol–water partition coefficient (Wildman–Crippen LogP) is 5.18. The molecular weight excluding hydrogens is 416 g/mol. The molecule has 0 aliphatic rings. The van der Waals surface area contributed by atoms with E-state index in [4.69, 9.17) is 0 Å². The molecule has 0 spiro atoms. The zero-order valence-electron chi connectivity index (χ0n) is 17.5. The molecule has 0 aliphatic carbocycles. The second-order valence-corrected chi connectivity index (χ2v) is 9.89. The van der Waals surface area contributed by atoms with Gasteiger partial charge in [0.1, 0.15) is 5.01 Å². The molecule has 0 unspecified atom stereocenters. The first-order valence-corrected chi connectivity index (χ1v) is 11.6. The number of nitrogens with one attached hydrogen (secondary N) is 2. The molecule has 2 amide bonds. The number of benzene rings is 1. The molecule has 0 aliphatic heterocycles. The van der Waals surface area contributed by atoms with Gasteiger partial charge in [0.05, 0.1) is 6.04 Å². The van der Waals surface area contributed by atoms with Crippen molar-refractivity contribution in [3.05, 3.63) is 62.2 Å². The molecule has 1 atom stereocenters. The molecule has 2 aromatic heterocycles. The molecule has 158 valence electrons. The minimum Gasteiger partial charge on any atom is -0.344 e. The number of carbonyl (C=O) groups is 2. The van der Waals surface area contributed by atoms with E-state index in [9.17, 15) is 9.59 Å². The van der Waals surface area contributed by atoms with Gasteiger partial charge in [-0.3, -0.25) is 9.59 Å². The van der Waals surface area contributed by atoms with Crippen LogP contribution < -0.4 is 10.6 Å². The summed E-state index contributed by atoms with van der Waals surface area (Å²) in [6.07, 6.45) is 0.794. The van der Waals surface area contributed by atoms with Crippen LogP contribution in [0.25, 0.3) is 0 Å². The maximum absolute atomic E-state index is 12.8. The molecule has 1 aromatic carbocycles. The van der Waals surface area contributed by atoms with Gasteiger partial charge >= 0.3 is 0 Å². The summed E-state index contributed by atoms with van der Waals surface area (Å²) in [7, 11) is 0. The van der Waals surface area contributed by atoms with Crippen LogP contribution in [0, 0.1) is 11.8 Å². The molecule has 2 N–H and O–H groups in total. The predicted molar refractivity (Wildman–Crippen MR) is 122 cm³/mol. The van der Waals surface area contributed by atoms with Crippen LogP contribution >= 0.6 is 22.7 Å². The quantitative estimate of drug-likeness (QED) is 0.504. The van der Waals surface area contributed by atoms with Crippen LogP contribution in [0.4, 0.5) is 5.69 Å². The Balaban J connectivity index is 1.68. The molecule has 0 bridgehead atoms. The van der Waals surface area contributed by atoms with E-state index in [-0.39, 0.29) is 23.8 Å². The summed E-state index contributed by atoms with van der Waals surface area (Å²) in [4.78, 5) is 26.5. The Morgan fingerprint density at radius 3 is 2.50 bits per heavy atom. The van der Waals surface area contributed by atoms with E-state index < -0.39 is 0 Å². The van der Waals surface area contributed by atoms with Crippen molar-refractivity contribution in [3.8, 4) is 0 Å². The van der Waals surface area contributed by atoms with Crippen LogP contribution in [-0.4, -0.2) is 22.0 Å². The summed E-state index contributed by atoms with van der Waals surface area (Å²) in [6.45, 7) is 8.35. The summed E-state index contributed by atoms with van der Waals surface area (Å²) in [5.41, 5.74) is 1.04. The molecule has 6 nitrogen and oxygen atoms in total. The van der Waals surface area contributed by atoms with E-state index in [0.717, 1.165) is 16.3 Å². The van der Waals surface area contributed by atoms with E-state index in [1.165, 1.54) is 11.3 Å². The topological polar surface area (TPSA) is 84.0 Å². The minimum atomic E-state index is -0.321. The Hall–Kier alpha value is -2.58. The summed E-state index contributed by atoms with van der Waals surface area (Å²) < 4.78 is 0. The molecular formula is C22H26N4O2S2. The number of rotatable bonds is 8. The normalized spacial score (nSPS) is 12.2. The zero-order valence-corrected chi connectivity index (χ0v) is 19.1. The number of hydrogen-bond donors (Lipinski definition) is 2. The van der Waals surface area contributed by atoms with E-state index >= 15 is 0 Å². The highest BCUT2D eigenvalue weighted by Crippen LogP contribution is 2.26. The van der Waals surface area contributed by atoms with Crippen molar-refractivity contribution in [3.63, 3.8) is 0 Å². The van der Waals surface area contributed by atoms with Gasteiger partial charge < -0.3 is 10.6 Å². The fourth-order valence-corrected chi connectivity index (χ4v) is 4.85. The average Bonchev–Trinajstić information content (AvgIpc) is 3.37. The van der Waals surface area contributed by atoms with E-state index in [2.05, 4.69) is 48.5 Å². The second kappa shape index (κ2) is 9.95. The molecule has 2 heterocycles. The summed E-state index contributed by atoms with van der Waals surface area (Å²) in [5.74, 6) is 0.216. The van der Waals surface area contributed by atoms with Crippen LogP contribution in [0.2, 0.25) is 0 Å². The lowest BCUT2D eigenvalue weighted by atomic mass is 10.0. The van der Waals surface area contributed by atoms with Gasteiger partial charge in [-0.1, -0.05) is 51.2 Å². The van der Waals surface area contributed by atoms with Crippen LogP contribution in [0.5, 0.6) is 0 Å². The maximum atomic E-state index is 12.8. The third kappa shape index (κ3) is 5.73. The molecule has 30 heavy (non-hydrogen) atoms. The van der Waals surface area contributed by atoms with E-state index in [1.807, 2.05) is 17.5 Å². The van der Waals surface area contributed by atoms with Crippen molar-refractivity contribution < 1.29 is 9.59 Å². The van der Waals surface area contributed by atoms with Gasteiger partial charge in [-0.25, -0.2) is 0 Å². The molecule has 3 rings (SSSR count). The summed E-state index contributed by atoms with van der Waals surface area (Å²) in [6, 6.07) is 10.9. The summed E-state index contributed by atoms with van der Waals surface area (Å²) >= 11 is 2.92. The lowest BCUT2D eigenvalue weighted by molar-refractivity contribution is 0.0925. The van der Waals surface area contributed by atoms with Gasteiger partial charge in [-0.2, -0.15) is 0 Å². The number of amides is 2. The standard InChI is InChI=1S/C22H26N4O2S2/c1-13(2)11-18-25-26-22(30-18)21(28)23-16-8-5-7-15(12-16)20(27)24-19(14(3)4)17-9-6-10-29-17/h5-10,12-14,19H,11H2,1-4H3,(H,23,28)(H,24,27)/t19-/m0/s1. The van der Waals surface area contributed by atoms with Gasteiger partial charge in [0.2, 0.25) is 5.01 Å². The van der Waals surface area contributed by atoms with Gasteiger partial charge in [-0.15, -0.1) is 21.5 Å². The highest BCUT2D eigenvalue weighted by molar-refractivity contribution is 7.13. The highest BCUT2D eigenvalue weighted by Gasteiger charge is 2.20. The third-order valence-corrected chi connectivity index (χ3v) is 6.33. The first kappa shape index (κ1) is 22.1. The Labute approximate surface area is 184 Å². The smallest absolute Gasteiger partial charge is 0.286 e. The third-order valence-electron chi connectivity index (χ3n) is 4.43. The van der Waals surface area contributed by atoms with Crippen molar-refractivity contribution in [1.29, 1.82) is 0 Å². The molecule has 8 heteroatoms. The Morgan fingerprint density at radius 2 is 1.83 bits per heavy atom. The largest absolute Gasteiger partial charge is 0.344 e. The monoisotopic (exact) mass is 442 g/mol. The fraction of sp³-hybridized carbons (Fsp3) is 0.364. The van der Waals surface area contributed by atoms with Crippen molar-refractivity contribution in [2.45, 2.75) is 40.2 Å². The summed E-state index contributed by atoms with van der Waals surface area (Å²) in [5, 5.41) is 17.2. The first-order valence-electron chi connectivity index (χ1n) is 9.91. The lowest BCUT2D eigenvalue weighted by Crippen LogP contribution is -2.31. The maximum Gasteiger partial charge on any atom is 0.286 e. The van der Waals surface area contributed by atoms with Crippen LogP contribution in [0.3, 0.4) is 0 Å². The van der Waals surface area contributed by atoms with Crippen molar-refractivity contribution in [2.24, 2.45) is 11.8 Å². The number of thiophene rings is 1. The Bertz CT molecular complexity index is 996. The Morgan fingerprint density at radius 1 is 1.03 bits per heavy atom. The van der Waals surface area contributed by atoms with Crippen LogP contribution in [-0.2, 0) is 6.42 Å². The Kier molecular flexibility index (Phi) is 7.33.